The number of nitrogens with one attached hydrogen (secondary N) is 2. The molecule has 0 spiro atoms. The highest BCUT2D eigenvalue weighted by Crippen LogP contribution is 2.31. The number of ether oxygens (including phenoxy) is 2. The molecule has 3 heterocycles. The third kappa shape index (κ3) is 6.46. The quantitative estimate of drug-likeness (QED) is 0.426. The number of amides is 3. The highest BCUT2D eigenvalue weighted by atomic mass is 19.1. The summed E-state index contributed by atoms with van der Waals surface area (Å²) < 4.78 is 25.2. The van der Waals surface area contributed by atoms with Gasteiger partial charge in [-0.15, -0.1) is 0 Å². The van der Waals surface area contributed by atoms with Gasteiger partial charge < -0.3 is 25.0 Å². The number of carbonyl (C=O) groups excluding carboxylic acids is 4. The van der Waals surface area contributed by atoms with Gasteiger partial charge in [-0.1, -0.05) is 18.1 Å². The Kier molecular flexibility index (Phi) is 8.21. The summed E-state index contributed by atoms with van der Waals surface area (Å²) in [4.78, 5) is 53.4. The molecule has 0 radical (unpaired) electrons. The van der Waals surface area contributed by atoms with Crippen molar-refractivity contribution in [2.75, 3.05) is 26.4 Å². The van der Waals surface area contributed by atoms with E-state index in [4.69, 9.17) is 9.47 Å². The molecule has 4 aliphatic rings. The summed E-state index contributed by atoms with van der Waals surface area (Å²) in [7, 11) is 0. The highest BCUT2D eigenvalue weighted by molar-refractivity contribution is 5.98. The van der Waals surface area contributed by atoms with E-state index in [0.717, 1.165) is 31.3 Å². The predicted octanol–water partition coefficient (Wildman–Crippen LogP) is 1.34. The largest absolute Gasteiger partial charge is 0.379 e. The van der Waals surface area contributed by atoms with Crippen molar-refractivity contribution in [1.82, 2.24) is 15.5 Å². The number of allylic oxidation sites excluding steroid dienone is 1. The lowest BCUT2D eigenvalue weighted by Gasteiger charge is -2.27. The van der Waals surface area contributed by atoms with E-state index in [1.54, 1.807) is 6.92 Å². The molecule has 0 unspecified atom stereocenters. The van der Waals surface area contributed by atoms with Crippen LogP contribution in [0.3, 0.4) is 0 Å². The van der Waals surface area contributed by atoms with Crippen LogP contribution in [0.25, 0.3) is 0 Å². The Balaban J connectivity index is 1.48. The zero-order chi connectivity index (χ0) is 25.0. The number of hydrogen-bond donors (Lipinski definition) is 2. The van der Waals surface area contributed by atoms with Gasteiger partial charge in [0.1, 0.15) is 23.9 Å². The van der Waals surface area contributed by atoms with E-state index >= 15 is 0 Å². The van der Waals surface area contributed by atoms with Gasteiger partial charge in [-0.2, -0.15) is 0 Å². The number of carbonyl (C=O) groups is 4. The Morgan fingerprint density at radius 1 is 1.26 bits per heavy atom. The lowest BCUT2D eigenvalue weighted by atomic mass is 9.94. The summed E-state index contributed by atoms with van der Waals surface area (Å²) in [6.07, 6.45) is 6.33. The van der Waals surface area contributed by atoms with E-state index in [2.05, 4.69) is 16.7 Å². The molecule has 0 aromatic rings. The molecule has 194 valence electrons. The van der Waals surface area contributed by atoms with Gasteiger partial charge in [0.05, 0.1) is 25.8 Å². The first-order chi connectivity index (χ1) is 16.8. The summed E-state index contributed by atoms with van der Waals surface area (Å²) in [5.74, 6) is -1.56. The first kappa shape index (κ1) is 25.8. The summed E-state index contributed by atoms with van der Waals surface area (Å²) in [5, 5.41) is 5.49. The SMILES string of the molecule is C[C@]1(C(=O)[C@H](CC2=CCCC2)NC(=O)[C@@H]2COCCCCCC(=O)N3C[C@H](F)C[C@H]3C(=O)N2)CO1. The Bertz CT molecular complexity index is 873. The number of ketones is 1. The smallest absolute Gasteiger partial charge is 0.245 e. The fourth-order valence-corrected chi connectivity index (χ4v) is 5.05. The maximum absolute atomic E-state index is 14.2. The molecule has 5 atom stereocenters. The van der Waals surface area contributed by atoms with Crippen LogP contribution in [-0.4, -0.2) is 84.7 Å². The van der Waals surface area contributed by atoms with Crippen LogP contribution in [0.1, 0.15) is 64.7 Å². The van der Waals surface area contributed by atoms with Crippen molar-refractivity contribution in [2.24, 2.45) is 0 Å². The molecule has 0 aromatic heterocycles. The van der Waals surface area contributed by atoms with Gasteiger partial charge in [-0.3, -0.25) is 19.2 Å². The number of alkyl halides is 1. The molecule has 0 bridgehead atoms. The second-order valence-electron chi connectivity index (χ2n) is 10.2. The number of hydrogen-bond acceptors (Lipinski definition) is 6. The van der Waals surface area contributed by atoms with Gasteiger partial charge in [0.2, 0.25) is 17.7 Å². The van der Waals surface area contributed by atoms with Crippen LogP contribution in [0.5, 0.6) is 0 Å². The molecule has 0 saturated carbocycles. The first-order valence-electron chi connectivity index (χ1n) is 12.7. The van der Waals surface area contributed by atoms with Crippen molar-refractivity contribution in [1.29, 1.82) is 0 Å². The van der Waals surface area contributed by atoms with E-state index in [1.807, 2.05) is 0 Å². The normalized spacial score (nSPS) is 32.9. The van der Waals surface area contributed by atoms with Crippen LogP contribution in [-0.2, 0) is 28.7 Å². The molecular formula is C25H36FN3O6. The fourth-order valence-electron chi connectivity index (χ4n) is 5.05. The highest BCUT2D eigenvalue weighted by Gasteiger charge is 2.50. The Hall–Kier alpha value is -2.33. The van der Waals surface area contributed by atoms with Crippen LogP contribution in [0.4, 0.5) is 4.39 Å². The minimum Gasteiger partial charge on any atom is -0.379 e. The van der Waals surface area contributed by atoms with Crippen molar-refractivity contribution in [2.45, 2.75) is 94.6 Å². The van der Waals surface area contributed by atoms with Gasteiger partial charge in [-0.25, -0.2) is 4.39 Å². The number of rotatable bonds is 6. The molecule has 0 aromatic carbocycles. The van der Waals surface area contributed by atoms with E-state index < -0.39 is 41.7 Å². The average molecular weight is 494 g/mol. The lowest BCUT2D eigenvalue weighted by molar-refractivity contribution is -0.140. The van der Waals surface area contributed by atoms with Gasteiger partial charge in [0.25, 0.3) is 0 Å². The molecule has 3 saturated heterocycles. The number of epoxide rings is 1. The fraction of sp³-hybridized carbons (Fsp3) is 0.760. The van der Waals surface area contributed by atoms with Gasteiger partial charge in [0.15, 0.2) is 5.78 Å². The minimum absolute atomic E-state index is 0.0747. The molecule has 3 fully saturated rings. The van der Waals surface area contributed by atoms with Crippen LogP contribution < -0.4 is 10.6 Å². The zero-order valence-electron chi connectivity index (χ0n) is 20.4. The molecule has 1 aliphatic carbocycles. The number of Topliss-reactive ketones (excluding diaryl/α,β-unsaturated/α-hetero) is 1. The lowest BCUT2D eigenvalue weighted by Crippen LogP contribution is -2.57. The predicted molar refractivity (Wildman–Crippen MR) is 124 cm³/mol. The molecule has 3 amide bonds. The third-order valence-electron chi connectivity index (χ3n) is 7.30. The van der Waals surface area contributed by atoms with E-state index in [9.17, 15) is 23.6 Å². The van der Waals surface area contributed by atoms with Crippen LogP contribution in [0, 0.1) is 0 Å². The maximum atomic E-state index is 14.2. The first-order valence-corrected chi connectivity index (χ1v) is 12.7. The zero-order valence-corrected chi connectivity index (χ0v) is 20.4. The topological polar surface area (TPSA) is 117 Å². The molecule has 10 heteroatoms. The summed E-state index contributed by atoms with van der Waals surface area (Å²) in [5.41, 5.74) is 0.222. The Labute approximate surface area is 205 Å². The molecule has 35 heavy (non-hydrogen) atoms. The maximum Gasteiger partial charge on any atom is 0.245 e. The molecule has 2 N–H and O–H groups in total. The summed E-state index contributed by atoms with van der Waals surface area (Å²) in [6.45, 7) is 2.22. The van der Waals surface area contributed by atoms with Crippen molar-refractivity contribution in [3.63, 3.8) is 0 Å². The summed E-state index contributed by atoms with van der Waals surface area (Å²) >= 11 is 0. The number of halogens is 1. The third-order valence-corrected chi connectivity index (χ3v) is 7.30. The average Bonchev–Trinajstić information content (AvgIpc) is 3.20. The van der Waals surface area contributed by atoms with Crippen LogP contribution in [0.2, 0.25) is 0 Å². The van der Waals surface area contributed by atoms with E-state index in [0.29, 0.717) is 32.5 Å². The standard InChI is InChI=1S/C25H36FN3O6/c1-25(15-35-25)22(31)18(11-16-7-4-5-8-16)27-23(32)19-14-34-10-6-2-3-9-21(30)29-13-17(26)12-20(29)24(33)28-19/h7,17-20H,2-6,8-15H2,1H3,(H,27,32)(H,28,33)/t17-,18+,19+,20+,25-/m1/s1. The second-order valence-corrected chi connectivity index (χ2v) is 10.2. The van der Waals surface area contributed by atoms with Crippen molar-refractivity contribution >= 4 is 23.5 Å². The van der Waals surface area contributed by atoms with Gasteiger partial charge in [0, 0.05) is 19.4 Å². The minimum atomic E-state index is -1.29. The van der Waals surface area contributed by atoms with Crippen molar-refractivity contribution < 1.29 is 33.0 Å². The Morgan fingerprint density at radius 2 is 2.06 bits per heavy atom. The van der Waals surface area contributed by atoms with Crippen LogP contribution >= 0.6 is 0 Å². The summed E-state index contributed by atoms with van der Waals surface area (Å²) in [6, 6.07) is -2.81. The van der Waals surface area contributed by atoms with Gasteiger partial charge >= 0.3 is 0 Å². The van der Waals surface area contributed by atoms with Crippen LogP contribution in [0.15, 0.2) is 11.6 Å². The number of fused-ring (bicyclic) bond motifs is 1. The Morgan fingerprint density at radius 3 is 2.77 bits per heavy atom. The molecule has 3 aliphatic heterocycles. The second kappa shape index (κ2) is 11.2. The van der Waals surface area contributed by atoms with Crippen molar-refractivity contribution in [3.05, 3.63) is 11.6 Å². The number of nitrogens with zero attached hydrogens (tertiary/aromatic N) is 1. The molecule has 4 rings (SSSR count). The van der Waals surface area contributed by atoms with Gasteiger partial charge in [-0.05, 0) is 45.4 Å². The van der Waals surface area contributed by atoms with E-state index in [-0.39, 0.29) is 37.7 Å². The molecular weight excluding hydrogens is 457 g/mol. The van der Waals surface area contributed by atoms with Crippen molar-refractivity contribution in [3.8, 4) is 0 Å². The van der Waals surface area contributed by atoms with E-state index in [1.165, 1.54) is 4.90 Å². The molecule has 9 nitrogen and oxygen atoms in total. The monoisotopic (exact) mass is 493 g/mol.